The molecule has 8 heteroatoms. The van der Waals surface area contributed by atoms with Gasteiger partial charge in [0.15, 0.2) is 0 Å². The van der Waals surface area contributed by atoms with Crippen molar-refractivity contribution in [3.8, 4) is 22.6 Å². The molecule has 0 unspecified atom stereocenters. The second-order valence-corrected chi connectivity index (χ2v) is 8.58. The van der Waals surface area contributed by atoms with E-state index in [4.69, 9.17) is 9.47 Å². The number of methoxy groups -OCH3 is 2. The molecular weight excluding hydrogens is 514 g/mol. The molecule has 0 bridgehead atoms. The zero-order valence-corrected chi connectivity index (χ0v) is 21.8. The number of carbonyl (C=O) groups is 2. The number of rotatable bonds is 9. The smallest absolute Gasteiger partial charge is 0.248 e. The van der Waals surface area contributed by atoms with E-state index in [1.165, 1.54) is 50.6 Å². The molecule has 0 aliphatic rings. The summed E-state index contributed by atoms with van der Waals surface area (Å²) in [6, 6.07) is 22.2. The lowest BCUT2D eigenvalue weighted by molar-refractivity contribution is -0.112. The van der Waals surface area contributed by atoms with Crippen LogP contribution in [0.2, 0.25) is 0 Å². The minimum absolute atomic E-state index is 0.348. The third-order valence-electron chi connectivity index (χ3n) is 5.85. The van der Waals surface area contributed by atoms with Crippen molar-refractivity contribution < 1.29 is 27.8 Å². The molecule has 4 aromatic rings. The quantitative estimate of drug-likeness (QED) is 0.225. The highest BCUT2D eigenvalue weighted by molar-refractivity contribution is 6.04. The molecule has 202 valence electrons. The van der Waals surface area contributed by atoms with Crippen molar-refractivity contribution >= 4 is 35.3 Å². The van der Waals surface area contributed by atoms with Crippen molar-refractivity contribution in [1.29, 1.82) is 0 Å². The molecule has 4 rings (SSSR count). The zero-order chi connectivity index (χ0) is 28.5. The Hall–Kier alpha value is -5.24. The van der Waals surface area contributed by atoms with E-state index in [9.17, 15) is 18.4 Å². The van der Waals surface area contributed by atoms with Crippen LogP contribution in [-0.4, -0.2) is 26.0 Å². The minimum atomic E-state index is -0.370. The number of hydrogen-bond acceptors (Lipinski definition) is 4. The molecule has 0 saturated carbocycles. The normalized spacial score (nSPS) is 11.0. The van der Waals surface area contributed by atoms with Gasteiger partial charge in [-0.25, -0.2) is 8.78 Å². The summed E-state index contributed by atoms with van der Waals surface area (Å²) in [6.07, 6.45) is 5.88. The van der Waals surface area contributed by atoms with Crippen LogP contribution in [0.3, 0.4) is 0 Å². The van der Waals surface area contributed by atoms with E-state index in [2.05, 4.69) is 10.6 Å². The van der Waals surface area contributed by atoms with Crippen molar-refractivity contribution in [2.24, 2.45) is 0 Å². The minimum Gasteiger partial charge on any atom is -0.495 e. The first-order valence-electron chi connectivity index (χ1n) is 12.2. The highest BCUT2D eigenvalue weighted by Crippen LogP contribution is 2.35. The summed E-state index contributed by atoms with van der Waals surface area (Å²) in [4.78, 5) is 24.9. The first-order chi connectivity index (χ1) is 19.3. The SMILES string of the molecule is COc1cc(-c2ccc(NC(=O)/C=C/c3ccc(F)cc3)c(OC)c2)ccc1NC(=O)/C=C/c1ccc(F)cc1. The van der Waals surface area contributed by atoms with Crippen LogP contribution in [0.1, 0.15) is 11.1 Å². The lowest BCUT2D eigenvalue weighted by atomic mass is 10.0. The summed E-state index contributed by atoms with van der Waals surface area (Å²) in [5, 5.41) is 5.56. The van der Waals surface area contributed by atoms with Crippen LogP contribution in [0.5, 0.6) is 11.5 Å². The summed E-state index contributed by atoms with van der Waals surface area (Å²) < 4.78 is 37.1. The lowest BCUT2D eigenvalue weighted by Gasteiger charge is -2.14. The highest BCUT2D eigenvalue weighted by atomic mass is 19.1. The van der Waals surface area contributed by atoms with E-state index in [1.807, 2.05) is 12.1 Å². The Morgan fingerprint density at radius 1 is 0.600 bits per heavy atom. The first-order valence-corrected chi connectivity index (χ1v) is 12.2. The molecule has 0 radical (unpaired) electrons. The molecule has 0 fully saturated rings. The van der Waals surface area contributed by atoms with Gasteiger partial charge in [-0.2, -0.15) is 0 Å². The molecular formula is C32H26F2N2O4. The van der Waals surface area contributed by atoms with Gasteiger partial charge in [-0.1, -0.05) is 36.4 Å². The maximum absolute atomic E-state index is 13.1. The molecule has 2 N–H and O–H groups in total. The topological polar surface area (TPSA) is 76.7 Å². The van der Waals surface area contributed by atoms with Gasteiger partial charge in [0.1, 0.15) is 23.1 Å². The van der Waals surface area contributed by atoms with Crippen LogP contribution < -0.4 is 20.1 Å². The fraction of sp³-hybridized carbons (Fsp3) is 0.0625. The largest absolute Gasteiger partial charge is 0.495 e. The molecule has 0 aromatic heterocycles. The molecule has 0 aliphatic heterocycles. The second kappa shape index (κ2) is 13.0. The van der Waals surface area contributed by atoms with Gasteiger partial charge in [0.25, 0.3) is 0 Å². The average molecular weight is 541 g/mol. The van der Waals surface area contributed by atoms with E-state index in [-0.39, 0.29) is 23.4 Å². The predicted octanol–water partition coefficient (Wildman–Crippen LogP) is 6.95. The maximum Gasteiger partial charge on any atom is 0.248 e. The Balaban J connectivity index is 1.45. The van der Waals surface area contributed by atoms with Gasteiger partial charge in [0.05, 0.1) is 25.6 Å². The number of nitrogens with one attached hydrogen (secondary N) is 2. The van der Waals surface area contributed by atoms with Gasteiger partial charge in [0.2, 0.25) is 11.8 Å². The molecule has 0 spiro atoms. The van der Waals surface area contributed by atoms with Crippen molar-refractivity contribution in [2.75, 3.05) is 24.9 Å². The van der Waals surface area contributed by atoms with Crippen LogP contribution in [0.4, 0.5) is 20.2 Å². The van der Waals surface area contributed by atoms with Crippen LogP contribution in [0.25, 0.3) is 23.3 Å². The van der Waals surface area contributed by atoms with E-state index >= 15 is 0 Å². The van der Waals surface area contributed by atoms with Crippen LogP contribution >= 0.6 is 0 Å². The number of ether oxygens (including phenoxy) is 2. The highest BCUT2D eigenvalue weighted by Gasteiger charge is 2.12. The summed E-state index contributed by atoms with van der Waals surface area (Å²) >= 11 is 0. The molecule has 2 amide bonds. The van der Waals surface area contributed by atoms with Crippen molar-refractivity contribution in [2.45, 2.75) is 0 Å². The van der Waals surface area contributed by atoms with Gasteiger partial charge >= 0.3 is 0 Å². The van der Waals surface area contributed by atoms with E-state index in [0.29, 0.717) is 34.0 Å². The van der Waals surface area contributed by atoms with Gasteiger partial charge in [-0.3, -0.25) is 9.59 Å². The van der Waals surface area contributed by atoms with E-state index < -0.39 is 0 Å². The van der Waals surface area contributed by atoms with E-state index in [0.717, 1.165) is 11.1 Å². The Labute approximate surface area is 230 Å². The Kier molecular flexibility index (Phi) is 9.04. The lowest BCUT2D eigenvalue weighted by Crippen LogP contribution is -2.09. The number of benzene rings is 4. The fourth-order valence-corrected chi connectivity index (χ4v) is 3.79. The standard InChI is InChI=1S/C32H26F2N2O4/c1-39-29-19-23(9-15-27(29)35-31(37)17-7-21-3-11-25(33)12-4-21)24-10-16-28(30(20-24)40-2)36-32(38)18-8-22-5-13-26(34)14-6-22/h3-20H,1-2H3,(H,35,37)(H,36,38)/b17-7+,18-8+. The summed E-state index contributed by atoms with van der Waals surface area (Å²) in [5.74, 6) is -0.541. The first kappa shape index (κ1) is 27.8. The van der Waals surface area contributed by atoms with Crippen LogP contribution in [0, 0.1) is 11.6 Å². The number of amides is 2. The van der Waals surface area contributed by atoms with Crippen molar-refractivity contribution in [1.82, 2.24) is 0 Å². The van der Waals surface area contributed by atoms with Gasteiger partial charge < -0.3 is 20.1 Å². The molecule has 0 saturated heterocycles. The summed E-state index contributed by atoms with van der Waals surface area (Å²) in [5.41, 5.74) is 3.92. The number of carbonyl (C=O) groups excluding carboxylic acids is 2. The molecule has 0 heterocycles. The van der Waals surface area contributed by atoms with Crippen molar-refractivity contribution in [3.05, 3.63) is 120 Å². The fourth-order valence-electron chi connectivity index (χ4n) is 3.79. The molecule has 4 aromatic carbocycles. The van der Waals surface area contributed by atoms with Crippen LogP contribution in [-0.2, 0) is 9.59 Å². The second-order valence-electron chi connectivity index (χ2n) is 8.58. The van der Waals surface area contributed by atoms with Crippen LogP contribution in [0.15, 0.2) is 97.1 Å². The molecule has 0 aliphatic carbocycles. The summed E-state index contributed by atoms with van der Waals surface area (Å²) in [7, 11) is 3.00. The Bertz CT molecular complexity index is 1440. The van der Waals surface area contributed by atoms with Gasteiger partial charge in [0, 0.05) is 12.2 Å². The Morgan fingerprint density at radius 2 is 0.975 bits per heavy atom. The molecule has 40 heavy (non-hydrogen) atoms. The Morgan fingerprint density at radius 3 is 1.32 bits per heavy atom. The third kappa shape index (κ3) is 7.41. The molecule has 6 nitrogen and oxygen atoms in total. The number of hydrogen-bond donors (Lipinski definition) is 2. The predicted molar refractivity (Wildman–Crippen MR) is 153 cm³/mol. The zero-order valence-electron chi connectivity index (χ0n) is 21.8. The number of halogens is 2. The average Bonchev–Trinajstić information content (AvgIpc) is 2.97. The number of anilines is 2. The maximum atomic E-state index is 13.1. The third-order valence-corrected chi connectivity index (χ3v) is 5.85. The van der Waals surface area contributed by atoms with Crippen molar-refractivity contribution in [3.63, 3.8) is 0 Å². The summed E-state index contributed by atoms with van der Waals surface area (Å²) in [6.45, 7) is 0. The van der Waals surface area contributed by atoms with E-state index in [1.54, 1.807) is 60.7 Å². The molecule has 0 atom stereocenters. The monoisotopic (exact) mass is 540 g/mol. The van der Waals surface area contributed by atoms with Gasteiger partial charge in [-0.15, -0.1) is 0 Å². The van der Waals surface area contributed by atoms with Gasteiger partial charge in [-0.05, 0) is 82.9 Å².